The van der Waals surface area contributed by atoms with Crippen LogP contribution < -0.4 is 10.1 Å². The van der Waals surface area contributed by atoms with E-state index < -0.39 is 12.5 Å². The number of rotatable bonds is 6. The molecule has 1 aromatic rings. The van der Waals surface area contributed by atoms with E-state index in [-0.39, 0.29) is 16.7 Å². The van der Waals surface area contributed by atoms with Gasteiger partial charge in [-0.25, -0.2) is 0 Å². The zero-order valence-electron chi connectivity index (χ0n) is 11.6. The lowest BCUT2D eigenvalue weighted by molar-refractivity contribution is -0.0501. The molecule has 6 heteroatoms. The Morgan fingerprint density at radius 1 is 1.33 bits per heavy atom. The normalized spacial score (nSPS) is 17.0. The van der Waals surface area contributed by atoms with Crippen LogP contribution in [0.25, 0.3) is 0 Å². The number of amides is 1. The highest BCUT2D eigenvalue weighted by molar-refractivity contribution is 6.18. The molecule has 116 valence electrons. The van der Waals surface area contributed by atoms with Crippen molar-refractivity contribution in [2.24, 2.45) is 5.41 Å². The van der Waals surface area contributed by atoms with E-state index >= 15 is 0 Å². The molecule has 1 aliphatic rings. The van der Waals surface area contributed by atoms with Gasteiger partial charge >= 0.3 is 6.61 Å². The molecule has 3 nitrogen and oxygen atoms in total. The van der Waals surface area contributed by atoms with Gasteiger partial charge in [0.2, 0.25) is 0 Å². The topological polar surface area (TPSA) is 38.3 Å². The molecule has 1 N–H and O–H groups in total. The average Bonchev–Trinajstić information content (AvgIpc) is 2.94. The summed E-state index contributed by atoms with van der Waals surface area (Å²) >= 11 is 6.02. The Hall–Kier alpha value is -1.36. The van der Waals surface area contributed by atoms with Crippen LogP contribution in [0.3, 0.4) is 0 Å². The van der Waals surface area contributed by atoms with Crippen molar-refractivity contribution in [1.29, 1.82) is 0 Å². The number of benzene rings is 1. The molecule has 0 radical (unpaired) electrons. The van der Waals surface area contributed by atoms with Crippen molar-refractivity contribution >= 4 is 17.5 Å². The minimum atomic E-state index is -2.96. The fourth-order valence-corrected chi connectivity index (χ4v) is 3.06. The summed E-state index contributed by atoms with van der Waals surface area (Å²) in [7, 11) is 0. The second-order valence-corrected chi connectivity index (χ2v) is 5.67. The lowest BCUT2D eigenvalue weighted by Crippen LogP contribution is -2.37. The van der Waals surface area contributed by atoms with Gasteiger partial charge in [0.05, 0.1) is 5.56 Å². The smallest absolute Gasteiger partial charge is 0.387 e. The summed E-state index contributed by atoms with van der Waals surface area (Å²) in [5, 5.41) is 2.80. The molecule has 1 fully saturated rings. The lowest BCUT2D eigenvalue weighted by Gasteiger charge is -2.26. The van der Waals surface area contributed by atoms with Crippen molar-refractivity contribution in [3.63, 3.8) is 0 Å². The van der Waals surface area contributed by atoms with Gasteiger partial charge in [-0.1, -0.05) is 25.0 Å². The fourth-order valence-electron chi connectivity index (χ4n) is 2.70. The Morgan fingerprint density at radius 2 is 2.00 bits per heavy atom. The van der Waals surface area contributed by atoms with Gasteiger partial charge in [0, 0.05) is 17.8 Å². The van der Waals surface area contributed by atoms with E-state index in [4.69, 9.17) is 11.6 Å². The standard InChI is InChI=1S/C15H18ClF2NO2/c16-9-15(7-3-4-8-15)10-19-13(20)11-5-1-2-6-12(11)21-14(17)18/h1-2,5-6,14H,3-4,7-10H2,(H,19,20). The van der Waals surface area contributed by atoms with Crippen LogP contribution in [0.5, 0.6) is 5.75 Å². The second-order valence-electron chi connectivity index (χ2n) is 5.40. The molecule has 0 spiro atoms. The molecule has 1 aliphatic carbocycles. The maximum Gasteiger partial charge on any atom is 0.387 e. The predicted octanol–water partition coefficient (Wildman–Crippen LogP) is 3.82. The molecule has 2 rings (SSSR count). The van der Waals surface area contributed by atoms with Gasteiger partial charge < -0.3 is 10.1 Å². The maximum atomic E-state index is 12.3. The van der Waals surface area contributed by atoms with Crippen LogP contribution in [0.15, 0.2) is 24.3 Å². The van der Waals surface area contributed by atoms with Crippen LogP contribution in [0.2, 0.25) is 0 Å². The van der Waals surface area contributed by atoms with Crippen molar-refractivity contribution in [2.75, 3.05) is 12.4 Å². The highest BCUT2D eigenvalue weighted by Crippen LogP contribution is 2.38. The summed E-state index contributed by atoms with van der Waals surface area (Å²) in [6.07, 6.45) is 4.17. The number of hydrogen-bond acceptors (Lipinski definition) is 2. The van der Waals surface area contributed by atoms with Crippen LogP contribution in [-0.2, 0) is 0 Å². The number of nitrogens with one attached hydrogen (secondary N) is 1. The molecule has 0 aromatic heterocycles. The van der Waals surface area contributed by atoms with Gasteiger partial charge in [-0.3, -0.25) is 4.79 Å². The Morgan fingerprint density at radius 3 is 2.62 bits per heavy atom. The highest BCUT2D eigenvalue weighted by atomic mass is 35.5. The number of carbonyl (C=O) groups is 1. The van der Waals surface area contributed by atoms with Crippen LogP contribution in [0.1, 0.15) is 36.0 Å². The number of ether oxygens (including phenoxy) is 1. The summed E-state index contributed by atoms with van der Waals surface area (Å²) in [5.41, 5.74) is 0.0379. The first-order valence-corrected chi connectivity index (χ1v) is 7.48. The summed E-state index contributed by atoms with van der Waals surface area (Å²) < 4.78 is 29.0. The Kier molecular flexibility index (Phi) is 5.39. The molecular weight excluding hydrogens is 300 g/mol. The number of halogens is 3. The van der Waals surface area contributed by atoms with Gasteiger partial charge in [-0.15, -0.1) is 11.6 Å². The molecule has 1 aromatic carbocycles. The van der Waals surface area contributed by atoms with E-state index in [9.17, 15) is 13.6 Å². The zero-order valence-corrected chi connectivity index (χ0v) is 12.3. The Bertz CT molecular complexity index is 490. The SMILES string of the molecule is O=C(NCC1(CCl)CCCC1)c1ccccc1OC(F)F. The second kappa shape index (κ2) is 7.07. The first kappa shape index (κ1) is 16.0. The third-order valence-corrected chi connectivity index (χ3v) is 4.49. The van der Waals surface area contributed by atoms with Crippen molar-refractivity contribution in [1.82, 2.24) is 5.32 Å². The quantitative estimate of drug-likeness (QED) is 0.810. The fraction of sp³-hybridized carbons (Fsp3) is 0.533. The third kappa shape index (κ3) is 4.06. The minimum Gasteiger partial charge on any atom is -0.434 e. The van der Waals surface area contributed by atoms with E-state index in [1.807, 2.05) is 0 Å². The first-order chi connectivity index (χ1) is 10.1. The molecule has 21 heavy (non-hydrogen) atoms. The molecule has 1 saturated carbocycles. The summed E-state index contributed by atoms with van der Waals surface area (Å²) in [6, 6.07) is 5.98. The van der Waals surface area contributed by atoms with E-state index in [0.717, 1.165) is 25.7 Å². The first-order valence-electron chi connectivity index (χ1n) is 6.94. The van der Waals surface area contributed by atoms with Crippen LogP contribution in [0, 0.1) is 5.41 Å². The number of para-hydroxylation sites is 1. The minimum absolute atomic E-state index is 0.0737. The van der Waals surface area contributed by atoms with E-state index in [2.05, 4.69) is 10.1 Å². The lowest BCUT2D eigenvalue weighted by atomic mass is 9.88. The van der Waals surface area contributed by atoms with Crippen LogP contribution in [-0.4, -0.2) is 24.9 Å². The molecule has 0 aliphatic heterocycles. The van der Waals surface area contributed by atoms with Gasteiger partial charge in [0.25, 0.3) is 5.91 Å². The number of carbonyl (C=O) groups excluding carboxylic acids is 1. The van der Waals surface area contributed by atoms with Crippen molar-refractivity contribution in [3.8, 4) is 5.75 Å². The van der Waals surface area contributed by atoms with Crippen LogP contribution in [0.4, 0.5) is 8.78 Å². The highest BCUT2D eigenvalue weighted by Gasteiger charge is 2.33. The molecule has 1 amide bonds. The van der Waals surface area contributed by atoms with E-state index in [1.54, 1.807) is 12.1 Å². The van der Waals surface area contributed by atoms with Gasteiger partial charge in [0.1, 0.15) is 5.75 Å². The predicted molar refractivity (Wildman–Crippen MR) is 77.0 cm³/mol. The summed E-state index contributed by atoms with van der Waals surface area (Å²) in [6.45, 7) is -2.50. The van der Waals surface area contributed by atoms with Crippen molar-refractivity contribution in [3.05, 3.63) is 29.8 Å². The Balaban J connectivity index is 2.03. The zero-order chi connectivity index (χ0) is 15.3. The van der Waals surface area contributed by atoms with Crippen molar-refractivity contribution in [2.45, 2.75) is 32.3 Å². The largest absolute Gasteiger partial charge is 0.434 e. The molecule has 0 unspecified atom stereocenters. The van der Waals surface area contributed by atoms with Crippen molar-refractivity contribution < 1.29 is 18.3 Å². The molecule has 0 heterocycles. The number of alkyl halides is 3. The van der Waals surface area contributed by atoms with E-state index in [1.165, 1.54) is 12.1 Å². The van der Waals surface area contributed by atoms with Crippen LogP contribution >= 0.6 is 11.6 Å². The third-order valence-electron chi connectivity index (χ3n) is 3.92. The molecule has 0 atom stereocenters. The monoisotopic (exact) mass is 317 g/mol. The number of hydrogen-bond donors (Lipinski definition) is 1. The molecule has 0 bridgehead atoms. The van der Waals surface area contributed by atoms with Gasteiger partial charge in [0.15, 0.2) is 0 Å². The summed E-state index contributed by atoms with van der Waals surface area (Å²) in [5.74, 6) is -0.0402. The molecule has 0 saturated heterocycles. The maximum absolute atomic E-state index is 12.3. The Labute approximate surface area is 127 Å². The molecular formula is C15H18ClF2NO2. The van der Waals surface area contributed by atoms with E-state index in [0.29, 0.717) is 12.4 Å². The van der Waals surface area contributed by atoms with Gasteiger partial charge in [-0.2, -0.15) is 8.78 Å². The average molecular weight is 318 g/mol. The summed E-state index contributed by atoms with van der Waals surface area (Å²) in [4.78, 5) is 12.2. The van der Waals surface area contributed by atoms with Gasteiger partial charge in [-0.05, 0) is 25.0 Å².